The molecule has 0 N–H and O–H groups in total. The summed E-state index contributed by atoms with van der Waals surface area (Å²) in [4.78, 5) is 54.0. The molecule has 0 aromatic heterocycles. The van der Waals surface area contributed by atoms with Gasteiger partial charge in [0.05, 0.1) is 23.7 Å². The molecule has 1 aromatic carbocycles. The Morgan fingerprint density at radius 3 is 2.59 bits per heavy atom. The first-order valence-electron chi connectivity index (χ1n) is 8.51. The van der Waals surface area contributed by atoms with Crippen molar-refractivity contribution in [1.82, 2.24) is 9.80 Å². The zero-order valence-electron chi connectivity index (χ0n) is 15.3. The van der Waals surface area contributed by atoms with Crippen LogP contribution in [0.25, 0.3) is 0 Å². The second kappa shape index (κ2) is 7.19. The molecule has 2 heterocycles. The van der Waals surface area contributed by atoms with Crippen LogP contribution in [-0.2, 0) is 14.3 Å². The van der Waals surface area contributed by atoms with Gasteiger partial charge < -0.3 is 14.5 Å². The minimum atomic E-state index is -0.914. The van der Waals surface area contributed by atoms with Crippen molar-refractivity contribution in [3.63, 3.8) is 0 Å². The largest absolute Gasteiger partial charge is 0.469 e. The topological polar surface area (TPSA) is 87.2 Å². The lowest BCUT2D eigenvalue weighted by Gasteiger charge is -2.31. The first-order valence-corrected chi connectivity index (χ1v) is 8.89. The van der Waals surface area contributed by atoms with Crippen LogP contribution in [0, 0.1) is 5.92 Å². The number of hydrogen-bond donors (Lipinski definition) is 0. The smallest absolute Gasteiger partial charge is 0.332 e. The molecule has 144 valence electrons. The van der Waals surface area contributed by atoms with Crippen LogP contribution in [0.5, 0.6) is 0 Å². The van der Waals surface area contributed by atoms with Gasteiger partial charge in [0.2, 0.25) is 0 Å². The monoisotopic (exact) mass is 393 g/mol. The number of methoxy groups -OCH3 is 1. The second-order valence-electron chi connectivity index (χ2n) is 6.73. The van der Waals surface area contributed by atoms with Gasteiger partial charge in [-0.15, -0.1) is 0 Å². The van der Waals surface area contributed by atoms with E-state index in [4.69, 9.17) is 16.3 Å². The lowest BCUT2D eigenvalue weighted by atomic mass is 9.89. The summed E-state index contributed by atoms with van der Waals surface area (Å²) in [5.74, 6) is -2.05. The van der Waals surface area contributed by atoms with Crippen LogP contribution in [-0.4, -0.2) is 67.4 Å². The number of urea groups is 1. The maximum Gasteiger partial charge on any atom is 0.332 e. The van der Waals surface area contributed by atoms with Crippen LogP contribution in [0.1, 0.15) is 23.2 Å². The van der Waals surface area contributed by atoms with Gasteiger partial charge >= 0.3 is 12.0 Å². The van der Waals surface area contributed by atoms with E-state index in [0.717, 1.165) is 4.90 Å². The Hall–Kier alpha value is -2.61. The van der Waals surface area contributed by atoms with E-state index in [1.807, 2.05) is 0 Å². The van der Waals surface area contributed by atoms with Gasteiger partial charge in [-0.2, -0.15) is 0 Å². The van der Waals surface area contributed by atoms with Gasteiger partial charge in [0, 0.05) is 26.2 Å². The van der Waals surface area contributed by atoms with Crippen molar-refractivity contribution in [3.05, 3.63) is 28.8 Å². The zero-order chi connectivity index (χ0) is 19.9. The normalized spacial score (nSPS) is 21.9. The van der Waals surface area contributed by atoms with Gasteiger partial charge in [-0.05, 0) is 31.0 Å². The van der Waals surface area contributed by atoms with Crippen LogP contribution in [0.15, 0.2) is 18.2 Å². The number of esters is 1. The van der Waals surface area contributed by atoms with Gasteiger partial charge in [0.25, 0.3) is 11.8 Å². The molecule has 2 fully saturated rings. The highest BCUT2D eigenvalue weighted by Gasteiger charge is 2.53. The summed E-state index contributed by atoms with van der Waals surface area (Å²) in [6.45, 7) is 0.368. The van der Waals surface area contributed by atoms with Gasteiger partial charge in [-0.25, -0.2) is 9.69 Å². The van der Waals surface area contributed by atoms with E-state index in [2.05, 4.69) is 0 Å². The molecule has 27 heavy (non-hydrogen) atoms. The fraction of sp³-hybridized carbons (Fsp3) is 0.444. The summed E-state index contributed by atoms with van der Waals surface area (Å²) in [5.41, 5.74) is 0.437. The fourth-order valence-corrected chi connectivity index (χ4v) is 3.77. The highest BCUT2D eigenvalue weighted by molar-refractivity contribution is 6.36. The maximum absolute atomic E-state index is 13.1. The lowest BCUT2D eigenvalue weighted by Crippen LogP contribution is -2.48. The number of ether oxygens (including phenoxy) is 1. The number of nitrogens with zero attached hydrogens (tertiary/aromatic N) is 3. The minimum absolute atomic E-state index is 0.136. The van der Waals surface area contributed by atoms with Gasteiger partial charge in [-0.3, -0.25) is 14.4 Å². The number of piperidine rings is 1. The van der Waals surface area contributed by atoms with E-state index in [-0.39, 0.29) is 16.6 Å². The number of benzene rings is 1. The first kappa shape index (κ1) is 19.2. The Morgan fingerprint density at radius 2 is 1.96 bits per heavy atom. The summed E-state index contributed by atoms with van der Waals surface area (Å²) < 4.78 is 4.80. The number of halogens is 1. The number of carbonyl (C=O) groups excluding carboxylic acids is 4. The van der Waals surface area contributed by atoms with E-state index in [0.29, 0.717) is 24.9 Å². The van der Waals surface area contributed by atoms with Gasteiger partial charge in [-0.1, -0.05) is 11.6 Å². The quantitative estimate of drug-likeness (QED) is 0.577. The Labute approximate surface area is 161 Å². The van der Waals surface area contributed by atoms with Crippen LogP contribution >= 0.6 is 11.6 Å². The Bertz CT molecular complexity index is 825. The number of carbonyl (C=O) groups is 4. The summed E-state index contributed by atoms with van der Waals surface area (Å²) >= 11 is 6.23. The maximum atomic E-state index is 13.1. The van der Waals surface area contributed by atoms with Crippen molar-refractivity contribution in [2.24, 2.45) is 5.92 Å². The fourth-order valence-electron chi connectivity index (χ4n) is 3.57. The van der Waals surface area contributed by atoms with Gasteiger partial charge in [0.15, 0.2) is 0 Å². The lowest BCUT2D eigenvalue weighted by molar-refractivity contribution is -0.150. The second-order valence-corrected chi connectivity index (χ2v) is 7.14. The van der Waals surface area contributed by atoms with Crippen LogP contribution in [0.4, 0.5) is 10.5 Å². The molecule has 2 aliphatic heterocycles. The summed E-state index contributed by atoms with van der Waals surface area (Å²) in [6.07, 6.45) is 1.06. The standard InChI is InChI=1S/C18H20ClN3O5/c1-20(2)15(23)10-6-7-12(19)13(9-10)22-16(24)14-11(17(25)27-3)5-4-8-21(14)18(22)26/h6-7,9,11,14H,4-5,8H2,1-3H3/t11-,14+/m1/s1. The van der Waals surface area contributed by atoms with Crippen LogP contribution in [0.3, 0.4) is 0 Å². The summed E-state index contributed by atoms with van der Waals surface area (Å²) in [7, 11) is 4.46. The van der Waals surface area contributed by atoms with Crippen LogP contribution < -0.4 is 4.90 Å². The molecule has 3 rings (SSSR count). The van der Waals surface area contributed by atoms with Crippen molar-refractivity contribution in [2.75, 3.05) is 32.6 Å². The van der Waals surface area contributed by atoms with Crippen molar-refractivity contribution < 1.29 is 23.9 Å². The molecule has 2 atom stereocenters. The molecule has 0 unspecified atom stereocenters. The third kappa shape index (κ3) is 3.14. The highest BCUT2D eigenvalue weighted by atomic mass is 35.5. The average molecular weight is 394 g/mol. The number of amides is 4. The molecule has 0 saturated carbocycles. The molecule has 8 nitrogen and oxygen atoms in total. The SMILES string of the molecule is COC(=O)[C@@H]1CCCN2C(=O)N(c3cc(C(=O)N(C)C)ccc3Cl)C(=O)[C@H]12. The predicted molar refractivity (Wildman–Crippen MR) is 97.6 cm³/mol. The van der Waals surface area contributed by atoms with E-state index < -0.39 is 29.9 Å². The summed E-state index contributed by atoms with van der Waals surface area (Å²) in [5, 5.41) is 0.168. The Balaban J connectivity index is 2.02. The number of anilines is 1. The van der Waals surface area contributed by atoms with E-state index in [9.17, 15) is 19.2 Å². The van der Waals surface area contributed by atoms with E-state index in [1.54, 1.807) is 14.1 Å². The molecule has 1 aromatic rings. The molecule has 2 aliphatic rings. The number of fused-ring (bicyclic) bond motifs is 1. The molecule has 0 aliphatic carbocycles. The number of hydrogen-bond acceptors (Lipinski definition) is 5. The molecular formula is C18H20ClN3O5. The van der Waals surface area contributed by atoms with E-state index in [1.165, 1.54) is 35.1 Å². The number of rotatable bonds is 3. The molecule has 0 radical (unpaired) electrons. The van der Waals surface area contributed by atoms with Crippen molar-refractivity contribution in [1.29, 1.82) is 0 Å². The third-order valence-corrected chi connectivity index (χ3v) is 5.21. The van der Waals surface area contributed by atoms with Gasteiger partial charge in [0.1, 0.15) is 6.04 Å². The molecular weight excluding hydrogens is 374 g/mol. The summed E-state index contributed by atoms with van der Waals surface area (Å²) in [6, 6.07) is 2.97. The number of imide groups is 1. The molecule has 9 heteroatoms. The predicted octanol–water partition coefficient (Wildman–Crippen LogP) is 1.76. The molecule has 4 amide bonds. The van der Waals surface area contributed by atoms with Crippen LogP contribution in [0.2, 0.25) is 5.02 Å². The average Bonchev–Trinajstić information content (AvgIpc) is 2.91. The molecule has 0 spiro atoms. The van der Waals surface area contributed by atoms with Crippen molar-refractivity contribution >= 4 is 41.1 Å². The molecule has 2 saturated heterocycles. The molecule has 0 bridgehead atoms. The first-order chi connectivity index (χ1) is 12.8. The third-order valence-electron chi connectivity index (χ3n) is 4.89. The van der Waals surface area contributed by atoms with Crippen molar-refractivity contribution in [3.8, 4) is 0 Å². The highest BCUT2D eigenvalue weighted by Crippen LogP contribution is 2.37. The minimum Gasteiger partial charge on any atom is -0.469 e. The Morgan fingerprint density at radius 1 is 1.26 bits per heavy atom. The Kier molecular flexibility index (Phi) is 5.10. The van der Waals surface area contributed by atoms with Crippen molar-refractivity contribution in [2.45, 2.75) is 18.9 Å². The van der Waals surface area contributed by atoms with E-state index >= 15 is 0 Å². The zero-order valence-corrected chi connectivity index (χ0v) is 16.0.